The van der Waals surface area contributed by atoms with Crippen molar-refractivity contribution in [2.24, 2.45) is 0 Å². The molecule has 164 valence electrons. The third-order valence-corrected chi connectivity index (χ3v) is 5.78. The van der Waals surface area contributed by atoms with Crippen LogP contribution in [-0.4, -0.2) is 17.7 Å². The number of aryl methyl sites for hydroxylation is 3. The van der Waals surface area contributed by atoms with E-state index in [0.29, 0.717) is 47.3 Å². The van der Waals surface area contributed by atoms with Gasteiger partial charge in [-0.1, -0.05) is 24.6 Å². The highest BCUT2D eigenvalue weighted by atomic mass is 35.5. The van der Waals surface area contributed by atoms with Gasteiger partial charge < -0.3 is 4.90 Å². The zero-order chi connectivity index (χ0) is 23.4. The summed E-state index contributed by atoms with van der Waals surface area (Å²) in [6.07, 6.45) is 4.17. The van der Waals surface area contributed by atoms with E-state index in [1.54, 1.807) is 36.9 Å². The molecular weight excluding hydrogens is 429 g/mol. The topological polar surface area (TPSA) is 68.2 Å². The summed E-state index contributed by atoms with van der Waals surface area (Å²) in [6.45, 7) is 5.86. The zero-order valence-corrected chi connectivity index (χ0v) is 18.9. The number of nitriles is 1. The number of halogens is 2. The number of amides is 1. The van der Waals surface area contributed by atoms with Gasteiger partial charge in [-0.2, -0.15) is 5.26 Å². The Labute approximate surface area is 191 Å². The van der Waals surface area contributed by atoms with Crippen molar-refractivity contribution in [3.05, 3.63) is 93.0 Å². The van der Waals surface area contributed by atoms with Crippen molar-refractivity contribution >= 4 is 23.2 Å². The molecule has 1 amide bonds. The number of benzene rings is 2. The summed E-state index contributed by atoms with van der Waals surface area (Å²) in [5, 5.41) is 19.2. The highest BCUT2D eigenvalue weighted by Gasteiger charge is 2.24. The fraction of sp³-hybridized carbons (Fsp3) is 0.240. The molecule has 0 saturated carbocycles. The predicted molar refractivity (Wildman–Crippen MR) is 121 cm³/mol. The van der Waals surface area contributed by atoms with E-state index >= 15 is 0 Å². The van der Waals surface area contributed by atoms with Crippen LogP contribution in [0.15, 0.2) is 48.8 Å². The minimum Gasteiger partial charge on any atom is -0.307 e. The van der Waals surface area contributed by atoms with Crippen LogP contribution in [0, 0.1) is 31.0 Å². The summed E-state index contributed by atoms with van der Waals surface area (Å²) in [4.78, 5) is 15.3. The van der Waals surface area contributed by atoms with E-state index in [-0.39, 0.29) is 16.7 Å². The molecule has 7 heteroatoms. The van der Waals surface area contributed by atoms with E-state index in [9.17, 15) is 19.7 Å². The van der Waals surface area contributed by atoms with Crippen LogP contribution in [0.3, 0.4) is 0 Å². The van der Waals surface area contributed by atoms with Gasteiger partial charge in [0.05, 0.1) is 16.3 Å². The predicted octanol–water partition coefficient (Wildman–Crippen LogP) is 4.94. The average molecular weight is 453 g/mol. The summed E-state index contributed by atoms with van der Waals surface area (Å²) in [7, 11) is 0. The molecule has 1 heterocycles. The summed E-state index contributed by atoms with van der Waals surface area (Å²) in [5.74, 6) is -0.555. The molecule has 3 aromatic rings. The monoisotopic (exact) mass is 452 g/mol. The maximum absolute atomic E-state index is 13.7. The number of nitrogens with zero attached hydrogens (tertiary/aromatic N) is 3. The van der Waals surface area contributed by atoms with Crippen LogP contribution in [0.2, 0.25) is 5.02 Å². The Balaban J connectivity index is 2.03. The second-order valence-electron chi connectivity index (χ2n) is 7.63. The second kappa shape index (κ2) is 9.80. The molecule has 5 nitrogen and oxygen atoms in total. The first-order valence-electron chi connectivity index (χ1n) is 10.3. The van der Waals surface area contributed by atoms with E-state index in [4.69, 9.17) is 11.6 Å². The lowest BCUT2D eigenvalue weighted by atomic mass is 10.0. The lowest BCUT2D eigenvalue weighted by molar-refractivity contribution is -0.905. The molecule has 0 unspecified atom stereocenters. The first-order valence-corrected chi connectivity index (χ1v) is 10.6. The molecule has 0 atom stereocenters. The minimum absolute atomic E-state index is 0.214. The molecule has 0 saturated heterocycles. The zero-order valence-electron chi connectivity index (χ0n) is 18.2. The largest absolute Gasteiger partial charge is 0.307 e. The van der Waals surface area contributed by atoms with Gasteiger partial charge >= 0.3 is 0 Å². The first kappa shape index (κ1) is 23.2. The Morgan fingerprint density at radius 2 is 1.94 bits per heavy atom. The normalized spacial score (nSPS) is 10.6. The number of carbonyl (C=O) groups excluding carboxylic acids is 1. The highest BCUT2D eigenvalue weighted by Crippen LogP contribution is 2.26. The van der Waals surface area contributed by atoms with Crippen molar-refractivity contribution in [3.8, 4) is 6.07 Å². The average Bonchev–Trinajstić information content (AvgIpc) is 2.76. The van der Waals surface area contributed by atoms with E-state index in [2.05, 4.69) is 0 Å². The van der Waals surface area contributed by atoms with Crippen molar-refractivity contribution in [1.82, 2.24) is 0 Å². The molecule has 0 bridgehead atoms. The first-order chi connectivity index (χ1) is 15.2. The smallest absolute Gasteiger partial charge is 0.258 e. The van der Waals surface area contributed by atoms with Crippen molar-refractivity contribution in [3.63, 3.8) is 0 Å². The molecule has 3 rings (SSSR count). The van der Waals surface area contributed by atoms with Crippen LogP contribution in [0.25, 0.3) is 0 Å². The van der Waals surface area contributed by atoms with Gasteiger partial charge in [-0.3, -0.25) is 10.0 Å². The fourth-order valence-corrected chi connectivity index (χ4v) is 3.97. The minimum atomic E-state index is -0.284. The summed E-state index contributed by atoms with van der Waals surface area (Å²) >= 11 is 6.21. The van der Waals surface area contributed by atoms with Crippen LogP contribution in [-0.2, 0) is 12.8 Å². The fourth-order valence-electron chi connectivity index (χ4n) is 3.76. The maximum Gasteiger partial charge on any atom is 0.258 e. The number of rotatable bonds is 6. The van der Waals surface area contributed by atoms with Crippen LogP contribution < -0.4 is 9.63 Å². The van der Waals surface area contributed by atoms with E-state index in [0.717, 1.165) is 15.9 Å². The Morgan fingerprint density at radius 3 is 2.59 bits per heavy atom. The SMILES string of the molecule is CCc1cc(F)ccc1CCN(C(=O)c1cc(Cl)c(C#N)cc1C)c1cc[n+](O)cc1C. The lowest BCUT2D eigenvalue weighted by Crippen LogP contribution is -2.36. The van der Waals surface area contributed by atoms with Crippen molar-refractivity contribution in [1.29, 1.82) is 5.26 Å². The summed E-state index contributed by atoms with van der Waals surface area (Å²) in [5.41, 5.74) is 4.55. The van der Waals surface area contributed by atoms with Gasteiger partial charge in [0.25, 0.3) is 5.91 Å². The van der Waals surface area contributed by atoms with Crippen molar-refractivity contribution < 1.29 is 19.1 Å². The molecule has 0 radical (unpaired) electrons. The summed E-state index contributed by atoms with van der Waals surface area (Å²) in [6, 6.07) is 11.5. The Morgan fingerprint density at radius 1 is 1.19 bits per heavy atom. The molecule has 0 spiro atoms. The van der Waals surface area contributed by atoms with Gasteiger partial charge in [0.1, 0.15) is 11.9 Å². The molecular formula is C25H24ClFN3O2+. The number of aromatic nitrogens is 1. The van der Waals surface area contributed by atoms with Crippen LogP contribution in [0.1, 0.15) is 45.1 Å². The van der Waals surface area contributed by atoms with E-state index in [1.165, 1.54) is 30.6 Å². The van der Waals surface area contributed by atoms with Gasteiger partial charge in [0, 0.05) is 28.5 Å². The van der Waals surface area contributed by atoms with Gasteiger partial charge in [0.2, 0.25) is 12.4 Å². The third kappa shape index (κ3) is 4.90. The Kier molecular flexibility index (Phi) is 7.12. The van der Waals surface area contributed by atoms with E-state index in [1.807, 2.05) is 13.0 Å². The van der Waals surface area contributed by atoms with Crippen LogP contribution in [0.5, 0.6) is 0 Å². The molecule has 0 aliphatic carbocycles. The molecule has 1 aromatic heterocycles. The molecule has 2 aromatic carbocycles. The second-order valence-corrected chi connectivity index (χ2v) is 8.03. The van der Waals surface area contributed by atoms with Gasteiger partial charge in [0.15, 0.2) is 0 Å². The molecule has 0 fully saturated rings. The van der Waals surface area contributed by atoms with E-state index < -0.39 is 0 Å². The van der Waals surface area contributed by atoms with Crippen molar-refractivity contribution in [2.45, 2.75) is 33.6 Å². The number of pyridine rings is 1. The molecule has 32 heavy (non-hydrogen) atoms. The standard InChI is InChI=1S/C25H24ClFN3O2/c1-4-18-12-21(27)6-5-19(18)7-10-30(24-8-9-29(32)15-17(24)3)25(31)22-13-23(26)20(14-28)11-16(22)2/h5-6,8-9,11-13,15,32H,4,7,10H2,1-3H3/q+1. The lowest BCUT2D eigenvalue weighted by Gasteiger charge is -2.25. The molecule has 0 aliphatic rings. The number of carbonyl (C=O) groups is 1. The Bertz CT molecular complexity index is 1220. The molecule has 0 aliphatic heterocycles. The van der Waals surface area contributed by atoms with Gasteiger partial charge in [-0.25, -0.2) is 4.39 Å². The van der Waals surface area contributed by atoms with Crippen molar-refractivity contribution in [2.75, 3.05) is 11.4 Å². The Hall–Kier alpha value is -3.43. The molecule has 1 N–H and O–H groups in total. The maximum atomic E-state index is 13.7. The van der Waals surface area contributed by atoms with Gasteiger partial charge in [-0.05, 0) is 67.6 Å². The number of anilines is 1. The third-order valence-electron chi connectivity index (χ3n) is 5.47. The van der Waals surface area contributed by atoms with Crippen LogP contribution in [0.4, 0.5) is 10.1 Å². The summed E-state index contributed by atoms with van der Waals surface area (Å²) < 4.78 is 14.6. The highest BCUT2D eigenvalue weighted by molar-refractivity contribution is 6.32. The number of hydrogen-bond donors (Lipinski definition) is 1. The van der Waals surface area contributed by atoms with Crippen LogP contribution >= 0.6 is 11.6 Å². The quantitative estimate of drug-likeness (QED) is 0.425. The van der Waals surface area contributed by atoms with Gasteiger partial charge in [-0.15, -0.1) is 0 Å². The number of hydrogen-bond acceptors (Lipinski definition) is 3.